The third kappa shape index (κ3) is 3.45. The summed E-state index contributed by atoms with van der Waals surface area (Å²) in [6.45, 7) is 1.62. The van der Waals surface area contributed by atoms with Crippen LogP contribution < -0.4 is 5.56 Å². The number of esters is 1. The summed E-state index contributed by atoms with van der Waals surface area (Å²) in [4.78, 5) is 26.5. The number of carbonyl (C=O) groups is 1. The number of benzene rings is 1. The molecule has 122 valence electrons. The molecule has 2 rings (SSSR count). The number of phenolic OH excluding ortho intramolecular Hbond substituents is 2. The first kappa shape index (κ1) is 16.4. The number of hydrogen-bond donors (Lipinski definition) is 4. The molecule has 7 heteroatoms. The lowest BCUT2D eigenvalue weighted by molar-refractivity contribution is -0.140. The predicted octanol–water partition coefficient (Wildman–Crippen LogP) is 1.50. The van der Waals surface area contributed by atoms with Gasteiger partial charge < -0.3 is 25.0 Å². The van der Waals surface area contributed by atoms with Crippen molar-refractivity contribution >= 4 is 5.97 Å². The van der Waals surface area contributed by atoms with Crippen LogP contribution >= 0.6 is 0 Å². The first-order valence-corrected chi connectivity index (χ1v) is 6.85. The summed E-state index contributed by atoms with van der Waals surface area (Å²) < 4.78 is 4.64. The first-order chi connectivity index (χ1) is 10.8. The van der Waals surface area contributed by atoms with E-state index >= 15 is 0 Å². The van der Waals surface area contributed by atoms with E-state index in [1.165, 1.54) is 31.4 Å². The Balaban J connectivity index is 2.61. The largest absolute Gasteiger partial charge is 0.507 e. The zero-order valence-corrected chi connectivity index (χ0v) is 12.7. The minimum atomic E-state index is -0.835. The van der Waals surface area contributed by atoms with Gasteiger partial charge in [-0.3, -0.25) is 9.59 Å². The van der Waals surface area contributed by atoms with Gasteiger partial charge >= 0.3 is 5.97 Å². The number of carbonyl (C=O) groups excluding carboxylic acids is 1. The predicted molar refractivity (Wildman–Crippen MR) is 81.7 cm³/mol. The second-order valence-corrected chi connectivity index (χ2v) is 5.16. The van der Waals surface area contributed by atoms with Gasteiger partial charge in [-0.2, -0.15) is 0 Å². The molecular formula is C16H17NO6. The summed E-state index contributed by atoms with van der Waals surface area (Å²) in [6, 6.07) is 5.32. The molecule has 2 aromatic rings. The van der Waals surface area contributed by atoms with Crippen LogP contribution in [0.2, 0.25) is 0 Å². The fourth-order valence-corrected chi connectivity index (χ4v) is 2.41. The first-order valence-electron chi connectivity index (χ1n) is 6.85. The van der Waals surface area contributed by atoms with Crippen molar-refractivity contribution < 1.29 is 24.9 Å². The number of H-pyrrole nitrogens is 1. The third-order valence-electron chi connectivity index (χ3n) is 3.53. The molecule has 23 heavy (non-hydrogen) atoms. The zero-order chi connectivity index (χ0) is 17.1. The fourth-order valence-electron chi connectivity index (χ4n) is 2.41. The van der Waals surface area contributed by atoms with Crippen LogP contribution in [-0.2, 0) is 9.53 Å². The summed E-state index contributed by atoms with van der Waals surface area (Å²) in [7, 11) is 1.22. The number of pyridine rings is 1. The summed E-state index contributed by atoms with van der Waals surface area (Å²) in [5.41, 5.74) is 0.312. The van der Waals surface area contributed by atoms with Crippen LogP contribution in [0.5, 0.6) is 17.2 Å². The highest BCUT2D eigenvalue weighted by molar-refractivity contribution is 5.71. The van der Waals surface area contributed by atoms with Crippen molar-refractivity contribution in [3.05, 3.63) is 51.4 Å². The maximum atomic E-state index is 12.2. The van der Waals surface area contributed by atoms with Gasteiger partial charge in [-0.1, -0.05) is 6.07 Å². The third-order valence-corrected chi connectivity index (χ3v) is 3.53. The Bertz CT molecular complexity index is 796. The summed E-state index contributed by atoms with van der Waals surface area (Å²) in [6.07, 6.45) is -0.208. The molecule has 0 aliphatic heterocycles. The molecule has 1 atom stereocenters. The van der Waals surface area contributed by atoms with Crippen molar-refractivity contribution in [2.75, 3.05) is 7.11 Å². The molecule has 0 saturated heterocycles. The molecule has 1 aromatic carbocycles. The van der Waals surface area contributed by atoms with Crippen molar-refractivity contribution in [3.63, 3.8) is 0 Å². The Hall–Kier alpha value is -2.96. The van der Waals surface area contributed by atoms with Gasteiger partial charge in [-0.05, 0) is 30.7 Å². The van der Waals surface area contributed by atoms with E-state index in [4.69, 9.17) is 0 Å². The highest BCUT2D eigenvalue weighted by atomic mass is 16.5. The topological polar surface area (TPSA) is 120 Å². The van der Waals surface area contributed by atoms with Crippen molar-refractivity contribution in [2.45, 2.75) is 19.3 Å². The van der Waals surface area contributed by atoms with Crippen LogP contribution in [0.4, 0.5) is 0 Å². The summed E-state index contributed by atoms with van der Waals surface area (Å²) in [5, 5.41) is 29.2. The Kier molecular flexibility index (Phi) is 4.59. The van der Waals surface area contributed by atoms with Gasteiger partial charge in [0.2, 0.25) is 0 Å². The molecule has 7 nitrogen and oxygen atoms in total. The number of rotatable bonds is 4. The van der Waals surface area contributed by atoms with Crippen molar-refractivity contribution in [1.82, 2.24) is 4.98 Å². The van der Waals surface area contributed by atoms with Crippen LogP contribution in [0, 0.1) is 6.92 Å². The van der Waals surface area contributed by atoms with Crippen LogP contribution in [-0.4, -0.2) is 33.4 Å². The summed E-state index contributed by atoms with van der Waals surface area (Å²) >= 11 is 0. The van der Waals surface area contributed by atoms with Crippen LogP contribution in [0.1, 0.15) is 29.2 Å². The molecule has 4 N–H and O–H groups in total. The average Bonchev–Trinajstić information content (AvgIpc) is 2.47. The van der Waals surface area contributed by atoms with E-state index in [1.807, 2.05) is 0 Å². The molecule has 0 amide bonds. The Morgan fingerprint density at radius 3 is 2.43 bits per heavy atom. The van der Waals surface area contributed by atoms with Gasteiger partial charge in [0.1, 0.15) is 5.75 Å². The Morgan fingerprint density at radius 2 is 1.87 bits per heavy atom. The molecule has 0 fully saturated rings. The van der Waals surface area contributed by atoms with Gasteiger partial charge in [0.05, 0.1) is 19.1 Å². The zero-order valence-electron chi connectivity index (χ0n) is 12.7. The molecule has 0 radical (unpaired) electrons. The smallest absolute Gasteiger partial charge is 0.306 e. The van der Waals surface area contributed by atoms with Gasteiger partial charge in [0, 0.05) is 11.6 Å². The minimum Gasteiger partial charge on any atom is -0.507 e. The number of methoxy groups -OCH3 is 1. The van der Waals surface area contributed by atoms with Crippen molar-refractivity contribution in [3.8, 4) is 17.2 Å². The SMILES string of the molecule is COC(=O)C[C@@H](c1ccc(O)c(O)c1)c1c(O)cc(C)[nH]c1=O. The fraction of sp³-hybridized carbons (Fsp3) is 0.250. The Morgan fingerprint density at radius 1 is 1.17 bits per heavy atom. The second-order valence-electron chi connectivity index (χ2n) is 5.16. The maximum absolute atomic E-state index is 12.2. The molecule has 0 aliphatic carbocycles. The van der Waals surface area contributed by atoms with Crippen LogP contribution in [0.3, 0.4) is 0 Å². The molecule has 1 heterocycles. The number of phenols is 2. The van der Waals surface area contributed by atoms with Gasteiger partial charge in [-0.25, -0.2) is 0 Å². The monoisotopic (exact) mass is 319 g/mol. The van der Waals surface area contributed by atoms with E-state index in [-0.39, 0.29) is 29.2 Å². The lowest BCUT2D eigenvalue weighted by Crippen LogP contribution is -2.20. The lowest BCUT2D eigenvalue weighted by atomic mass is 9.88. The van der Waals surface area contributed by atoms with Crippen LogP contribution in [0.25, 0.3) is 0 Å². The van der Waals surface area contributed by atoms with E-state index < -0.39 is 17.4 Å². The van der Waals surface area contributed by atoms with E-state index in [9.17, 15) is 24.9 Å². The highest BCUT2D eigenvalue weighted by Crippen LogP contribution is 2.35. The van der Waals surface area contributed by atoms with E-state index in [1.54, 1.807) is 6.92 Å². The minimum absolute atomic E-state index is 0.00825. The molecule has 0 saturated carbocycles. The molecule has 0 aliphatic rings. The molecule has 1 aromatic heterocycles. The molecule has 0 spiro atoms. The molecular weight excluding hydrogens is 302 g/mol. The average molecular weight is 319 g/mol. The standard InChI is InChI=1S/C16H17NO6/c1-8-5-13(20)15(16(22)17-8)10(7-14(21)23-2)9-3-4-11(18)12(19)6-9/h3-6,10,18-19H,7H2,1-2H3,(H2,17,20,22)/t10-/m0/s1. The van der Waals surface area contributed by atoms with Crippen LogP contribution in [0.15, 0.2) is 29.1 Å². The van der Waals surface area contributed by atoms with E-state index in [2.05, 4.69) is 9.72 Å². The van der Waals surface area contributed by atoms with Gasteiger partial charge in [0.15, 0.2) is 11.5 Å². The van der Waals surface area contributed by atoms with Crippen molar-refractivity contribution in [2.24, 2.45) is 0 Å². The van der Waals surface area contributed by atoms with Gasteiger partial charge in [0.25, 0.3) is 5.56 Å². The Labute approximate surface area is 131 Å². The lowest BCUT2D eigenvalue weighted by Gasteiger charge is -2.18. The normalized spacial score (nSPS) is 11.9. The van der Waals surface area contributed by atoms with E-state index in [0.29, 0.717) is 11.3 Å². The van der Waals surface area contributed by atoms with Crippen molar-refractivity contribution in [1.29, 1.82) is 0 Å². The van der Waals surface area contributed by atoms with E-state index in [0.717, 1.165) is 0 Å². The number of aryl methyl sites for hydroxylation is 1. The second kappa shape index (κ2) is 6.43. The number of hydrogen-bond acceptors (Lipinski definition) is 6. The number of aromatic hydroxyl groups is 3. The summed E-state index contributed by atoms with van der Waals surface area (Å²) in [5.74, 6) is -2.39. The molecule has 0 bridgehead atoms. The number of nitrogens with one attached hydrogen (secondary N) is 1. The van der Waals surface area contributed by atoms with Gasteiger partial charge in [-0.15, -0.1) is 0 Å². The maximum Gasteiger partial charge on any atom is 0.306 e. The number of aromatic amines is 1. The number of aromatic nitrogens is 1. The highest BCUT2D eigenvalue weighted by Gasteiger charge is 2.25. The quantitative estimate of drug-likeness (QED) is 0.501. The molecule has 0 unspecified atom stereocenters. The number of ether oxygens (including phenoxy) is 1.